The van der Waals surface area contributed by atoms with E-state index in [-0.39, 0.29) is 6.54 Å². The van der Waals surface area contributed by atoms with Gasteiger partial charge in [0.05, 0.1) is 5.60 Å². The molecule has 2 aromatic rings. The topological polar surface area (TPSA) is 66.4 Å². The first-order chi connectivity index (χ1) is 11.5. The molecule has 1 aliphatic rings. The molecule has 0 aliphatic heterocycles. The molecule has 1 aliphatic carbocycles. The van der Waals surface area contributed by atoms with Crippen LogP contribution in [0.1, 0.15) is 23.1 Å². The fourth-order valence-electron chi connectivity index (χ4n) is 2.95. The van der Waals surface area contributed by atoms with Gasteiger partial charge in [0.25, 0.3) is 0 Å². The van der Waals surface area contributed by atoms with Crippen LogP contribution in [0.25, 0.3) is 6.08 Å². The van der Waals surface area contributed by atoms with Crippen molar-refractivity contribution in [3.8, 4) is 0 Å². The minimum Gasteiger partial charge on any atom is -0.388 e. The summed E-state index contributed by atoms with van der Waals surface area (Å²) >= 11 is 0. The molecular formula is C19H21NO3S. The maximum atomic E-state index is 12.1. The van der Waals surface area contributed by atoms with Crippen LogP contribution in [-0.2, 0) is 22.9 Å². The summed E-state index contributed by atoms with van der Waals surface area (Å²) in [6.07, 6.45) is 3.32. The van der Waals surface area contributed by atoms with Gasteiger partial charge in [0.2, 0.25) is 10.0 Å². The normalized spacial score (nSPS) is 20.9. The number of aliphatic hydroxyl groups is 1. The van der Waals surface area contributed by atoms with Crippen molar-refractivity contribution in [2.75, 3.05) is 6.54 Å². The molecule has 24 heavy (non-hydrogen) atoms. The van der Waals surface area contributed by atoms with Gasteiger partial charge in [-0.3, -0.25) is 0 Å². The van der Waals surface area contributed by atoms with Crippen LogP contribution in [0, 0.1) is 0 Å². The van der Waals surface area contributed by atoms with E-state index in [2.05, 4.69) is 10.8 Å². The lowest BCUT2D eigenvalue weighted by Gasteiger charge is -2.33. The van der Waals surface area contributed by atoms with Gasteiger partial charge in [-0.05, 0) is 35.6 Å². The standard InChI is InChI=1S/C19H21NO3S/c21-19(12-10-17-8-4-5-9-18(17)14-19)15-20-24(22,23)13-11-16-6-2-1-3-7-16/h1-9,11,13,20-21H,10,12,14-15H2. The highest BCUT2D eigenvalue weighted by molar-refractivity contribution is 7.92. The number of aryl methyl sites for hydroxylation is 1. The van der Waals surface area contributed by atoms with Crippen LogP contribution in [0.5, 0.6) is 0 Å². The molecule has 0 radical (unpaired) electrons. The summed E-state index contributed by atoms with van der Waals surface area (Å²) in [5.74, 6) is 0. The van der Waals surface area contributed by atoms with E-state index in [1.165, 1.54) is 5.56 Å². The van der Waals surface area contributed by atoms with Gasteiger partial charge in [-0.25, -0.2) is 13.1 Å². The average molecular weight is 343 g/mol. The van der Waals surface area contributed by atoms with E-state index in [1.807, 2.05) is 48.5 Å². The quantitative estimate of drug-likeness (QED) is 0.876. The third kappa shape index (κ3) is 4.32. The highest BCUT2D eigenvalue weighted by Crippen LogP contribution is 2.28. The Hall–Kier alpha value is -1.95. The number of hydrogen-bond acceptors (Lipinski definition) is 3. The molecule has 0 aromatic heterocycles. The minimum absolute atomic E-state index is 0.0167. The van der Waals surface area contributed by atoms with Crippen molar-refractivity contribution in [1.82, 2.24) is 4.72 Å². The lowest BCUT2D eigenvalue weighted by Crippen LogP contribution is -2.46. The van der Waals surface area contributed by atoms with Crippen LogP contribution in [0.2, 0.25) is 0 Å². The number of fused-ring (bicyclic) bond motifs is 1. The van der Waals surface area contributed by atoms with Crippen molar-refractivity contribution >= 4 is 16.1 Å². The van der Waals surface area contributed by atoms with Gasteiger partial charge < -0.3 is 5.11 Å². The predicted octanol–water partition coefficient (Wildman–Crippen LogP) is 2.50. The average Bonchev–Trinajstić information content (AvgIpc) is 2.60. The first-order valence-electron chi connectivity index (χ1n) is 7.98. The Morgan fingerprint density at radius 2 is 1.71 bits per heavy atom. The number of rotatable bonds is 5. The summed E-state index contributed by atoms with van der Waals surface area (Å²) in [4.78, 5) is 0. The molecule has 0 bridgehead atoms. The lowest BCUT2D eigenvalue weighted by molar-refractivity contribution is 0.0318. The van der Waals surface area contributed by atoms with E-state index >= 15 is 0 Å². The fourth-order valence-corrected chi connectivity index (χ4v) is 3.85. The Bertz CT molecular complexity index is 831. The number of hydrogen-bond donors (Lipinski definition) is 2. The second-order valence-corrected chi connectivity index (χ2v) is 7.90. The molecular weight excluding hydrogens is 322 g/mol. The van der Waals surface area contributed by atoms with Crippen molar-refractivity contribution in [2.24, 2.45) is 0 Å². The molecule has 126 valence electrons. The van der Waals surface area contributed by atoms with Gasteiger partial charge in [0.1, 0.15) is 0 Å². The van der Waals surface area contributed by atoms with Crippen LogP contribution in [-0.4, -0.2) is 25.7 Å². The van der Waals surface area contributed by atoms with Crippen LogP contribution >= 0.6 is 0 Å². The zero-order valence-corrected chi connectivity index (χ0v) is 14.2. The highest BCUT2D eigenvalue weighted by Gasteiger charge is 2.32. The molecule has 0 amide bonds. The van der Waals surface area contributed by atoms with Gasteiger partial charge in [-0.15, -0.1) is 0 Å². The van der Waals surface area contributed by atoms with Crippen molar-refractivity contribution in [2.45, 2.75) is 24.9 Å². The Morgan fingerprint density at radius 3 is 2.46 bits per heavy atom. The molecule has 5 heteroatoms. The summed E-state index contributed by atoms with van der Waals surface area (Å²) in [6.45, 7) is 0.0167. The maximum absolute atomic E-state index is 12.1. The summed E-state index contributed by atoms with van der Waals surface area (Å²) in [5, 5.41) is 11.9. The van der Waals surface area contributed by atoms with E-state index in [1.54, 1.807) is 6.08 Å². The molecule has 3 rings (SSSR count). The molecule has 0 spiro atoms. The van der Waals surface area contributed by atoms with Crippen molar-refractivity contribution in [1.29, 1.82) is 0 Å². The Morgan fingerprint density at radius 1 is 1.04 bits per heavy atom. The molecule has 0 saturated carbocycles. The van der Waals surface area contributed by atoms with E-state index in [0.29, 0.717) is 12.8 Å². The predicted molar refractivity (Wildman–Crippen MR) is 95.8 cm³/mol. The number of nitrogens with one attached hydrogen (secondary N) is 1. The molecule has 4 nitrogen and oxygen atoms in total. The van der Waals surface area contributed by atoms with Crippen LogP contribution in [0.4, 0.5) is 0 Å². The summed E-state index contributed by atoms with van der Waals surface area (Å²) < 4.78 is 26.8. The minimum atomic E-state index is -3.59. The third-order valence-corrected chi connectivity index (χ3v) is 5.38. The monoisotopic (exact) mass is 343 g/mol. The maximum Gasteiger partial charge on any atom is 0.233 e. The van der Waals surface area contributed by atoms with Crippen molar-refractivity contribution in [3.63, 3.8) is 0 Å². The smallest absolute Gasteiger partial charge is 0.233 e. The highest BCUT2D eigenvalue weighted by atomic mass is 32.2. The van der Waals surface area contributed by atoms with E-state index < -0.39 is 15.6 Å². The van der Waals surface area contributed by atoms with E-state index in [4.69, 9.17) is 0 Å². The second-order valence-electron chi connectivity index (χ2n) is 6.25. The lowest BCUT2D eigenvalue weighted by atomic mass is 9.80. The van der Waals surface area contributed by atoms with Crippen LogP contribution in [0.3, 0.4) is 0 Å². The largest absolute Gasteiger partial charge is 0.388 e. The molecule has 0 saturated heterocycles. The number of sulfonamides is 1. The zero-order valence-electron chi connectivity index (χ0n) is 13.4. The Kier molecular flexibility index (Phi) is 4.85. The van der Waals surface area contributed by atoms with Crippen molar-refractivity contribution in [3.05, 3.63) is 76.7 Å². The van der Waals surface area contributed by atoms with Crippen molar-refractivity contribution < 1.29 is 13.5 Å². The zero-order chi connectivity index (χ0) is 17.0. The summed E-state index contributed by atoms with van der Waals surface area (Å²) in [7, 11) is -3.59. The summed E-state index contributed by atoms with van der Waals surface area (Å²) in [6, 6.07) is 17.2. The molecule has 0 fully saturated rings. The molecule has 0 heterocycles. The van der Waals surface area contributed by atoms with E-state index in [9.17, 15) is 13.5 Å². The Balaban J connectivity index is 1.63. The van der Waals surface area contributed by atoms with Crippen LogP contribution < -0.4 is 4.72 Å². The van der Waals surface area contributed by atoms with E-state index in [0.717, 1.165) is 23.0 Å². The molecule has 1 atom stereocenters. The van der Waals surface area contributed by atoms with Gasteiger partial charge in [-0.1, -0.05) is 54.6 Å². The molecule has 2 N–H and O–H groups in total. The molecule has 2 aromatic carbocycles. The summed E-state index contributed by atoms with van der Waals surface area (Å²) in [5.41, 5.74) is 2.09. The third-order valence-electron chi connectivity index (χ3n) is 4.34. The second kappa shape index (κ2) is 6.89. The van der Waals surface area contributed by atoms with Gasteiger partial charge >= 0.3 is 0 Å². The molecule has 1 unspecified atom stereocenters. The van der Waals surface area contributed by atoms with Gasteiger partial charge in [-0.2, -0.15) is 0 Å². The number of benzene rings is 2. The van der Waals surface area contributed by atoms with Gasteiger partial charge in [0, 0.05) is 18.4 Å². The SMILES string of the molecule is O=S(=O)(C=Cc1ccccc1)NCC1(O)CCc2ccccc2C1. The van der Waals surface area contributed by atoms with Gasteiger partial charge in [0.15, 0.2) is 0 Å². The fraction of sp³-hybridized carbons (Fsp3) is 0.263. The first kappa shape index (κ1) is 16.9. The first-order valence-corrected chi connectivity index (χ1v) is 9.52. The Labute approximate surface area is 142 Å². The van der Waals surface area contributed by atoms with Crippen LogP contribution in [0.15, 0.2) is 60.0 Å².